The zero-order valence-corrected chi connectivity index (χ0v) is 12.4. The second-order valence-corrected chi connectivity index (χ2v) is 6.38. The summed E-state index contributed by atoms with van der Waals surface area (Å²) < 4.78 is 19.2. The first kappa shape index (κ1) is 14.7. The van der Waals surface area contributed by atoms with Crippen LogP contribution in [0.2, 0.25) is 0 Å². The van der Waals surface area contributed by atoms with Crippen molar-refractivity contribution in [2.75, 3.05) is 19.4 Å². The molecule has 0 spiro atoms. The molecule has 1 aromatic rings. The second kappa shape index (κ2) is 7.15. The molecule has 0 saturated carbocycles. The molecule has 1 aliphatic rings. The van der Waals surface area contributed by atoms with Crippen LogP contribution in [-0.2, 0) is 0 Å². The van der Waals surface area contributed by atoms with E-state index in [1.165, 1.54) is 31.1 Å². The van der Waals surface area contributed by atoms with E-state index < -0.39 is 0 Å². The van der Waals surface area contributed by atoms with Gasteiger partial charge in [0.1, 0.15) is 11.6 Å². The van der Waals surface area contributed by atoms with E-state index in [1.807, 2.05) is 24.8 Å². The molecule has 2 nitrogen and oxygen atoms in total. The minimum Gasteiger partial charge on any atom is -0.496 e. The quantitative estimate of drug-likeness (QED) is 0.889. The van der Waals surface area contributed by atoms with Crippen LogP contribution in [0.3, 0.4) is 0 Å². The molecule has 0 bridgehead atoms. The largest absolute Gasteiger partial charge is 0.496 e. The van der Waals surface area contributed by atoms with Gasteiger partial charge in [-0.15, -0.1) is 0 Å². The smallest absolute Gasteiger partial charge is 0.131 e. The molecule has 2 atom stereocenters. The molecule has 1 heterocycles. The first-order valence-electron chi connectivity index (χ1n) is 6.89. The molecule has 1 N–H and O–H groups in total. The highest BCUT2D eigenvalue weighted by Crippen LogP contribution is 2.29. The molecule has 1 saturated heterocycles. The maximum absolute atomic E-state index is 13.9. The molecule has 0 amide bonds. The third-order valence-electron chi connectivity index (χ3n) is 3.59. The lowest BCUT2D eigenvalue weighted by Gasteiger charge is -2.24. The fraction of sp³-hybridized carbons (Fsp3) is 0.600. The first-order valence-corrected chi connectivity index (χ1v) is 7.94. The van der Waals surface area contributed by atoms with Gasteiger partial charge in [-0.25, -0.2) is 4.39 Å². The van der Waals surface area contributed by atoms with E-state index in [-0.39, 0.29) is 11.9 Å². The number of hydrogen-bond donors (Lipinski definition) is 1. The molecular weight excluding hydrogens is 261 g/mol. The lowest BCUT2D eigenvalue weighted by atomic mass is 10.1. The summed E-state index contributed by atoms with van der Waals surface area (Å²) in [6.45, 7) is 2.93. The normalized spacial score (nSPS) is 21.1. The minimum absolute atomic E-state index is 0.0290. The second-order valence-electron chi connectivity index (χ2n) is 4.97. The van der Waals surface area contributed by atoms with Gasteiger partial charge < -0.3 is 10.1 Å². The van der Waals surface area contributed by atoms with Crippen molar-refractivity contribution >= 4 is 11.8 Å². The average Bonchev–Trinajstić information content (AvgIpc) is 2.45. The van der Waals surface area contributed by atoms with Gasteiger partial charge in [-0.3, -0.25) is 0 Å². The molecule has 106 valence electrons. The van der Waals surface area contributed by atoms with Crippen molar-refractivity contribution in [3.8, 4) is 5.75 Å². The number of ether oxygens (including phenoxy) is 1. The predicted molar refractivity (Wildman–Crippen MR) is 79.5 cm³/mol. The number of hydrogen-bond acceptors (Lipinski definition) is 3. The van der Waals surface area contributed by atoms with E-state index in [4.69, 9.17) is 4.74 Å². The standard InChI is InChI=1S/C15H22FNOS/c1-11(17-10-12-6-3-4-9-19-12)15-13(16)7-5-8-14(15)18-2/h5,7-8,11-12,17H,3-4,6,9-10H2,1-2H3. The molecule has 0 aromatic heterocycles. The SMILES string of the molecule is COc1cccc(F)c1C(C)NCC1CCCCS1. The Morgan fingerprint density at radius 3 is 3.00 bits per heavy atom. The van der Waals surface area contributed by atoms with Gasteiger partial charge in [0, 0.05) is 23.4 Å². The maximum atomic E-state index is 13.9. The predicted octanol–water partition coefficient (Wildman–Crippen LogP) is 3.77. The number of methoxy groups -OCH3 is 1. The van der Waals surface area contributed by atoms with Crippen molar-refractivity contribution in [1.29, 1.82) is 0 Å². The van der Waals surface area contributed by atoms with Gasteiger partial charge in [0.25, 0.3) is 0 Å². The molecule has 2 unspecified atom stereocenters. The van der Waals surface area contributed by atoms with Crippen molar-refractivity contribution in [3.63, 3.8) is 0 Å². The fourth-order valence-corrected chi connectivity index (χ4v) is 3.75. The summed E-state index contributed by atoms with van der Waals surface area (Å²) in [5.74, 6) is 1.68. The Morgan fingerprint density at radius 1 is 1.47 bits per heavy atom. The minimum atomic E-state index is -0.198. The Hall–Kier alpha value is -0.740. The zero-order chi connectivity index (χ0) is 13.7. The molecule has 19 heavy (non-hydrogen) atoms. The monoisotopic (exact) mass is 283 g/mol. The number of thioether (sulfide) groups is 1. The topological polar surface area (TPSA) is 21.3 Å². The van der Waals surface area contributed by atoms with Gasteiger partial charge in [0.15, 0.2) is 0 Å². The number of benzene rings is 1. The van der Waals surface area contributed by atoms with E-state index in [0.29, 0.717) is 16.6 Å². The Morgan fingerprint density at radius 2 is 2.32 bits per heavy atom. The molecule has 1 aliphatic heterocycles. The lowest BCUT2D eigenvalue weighted by Crippen LogP contribution is -2.29. The highest BCUT2D eigenvalue weighted by atomic mass is 32.2. The van der Waals surface area contributed by atoms with E-state index in [1.54, 1.807) is 13.2 Å². The van der Waals surface area contributed by atoms with Crippen LogP contribution in [0.25, 0.3) is 0 Å². The van der Waals surface area contributed by atoms with Crippen LogP contribution in [-0.4, -0.2) is 24.7 Å². The van der Waals surface area contributed by atoms with Gasteiger partial charge in [-0.05, 0) is 37.7 Å². The Labute approximate surface area is 119 Å². The molecule has 0 aliphatic carbocycles. The fourth-order valence-electron chi connectivity index (χ4n) is 2.49. The summed E-state index contributed by atoms with van der Waals surface area (Å²) in [4.78, 5) is 0. The van der Waals surface area contributed by atoms with Crippen LogP contribution < -0.4 is 10.1 Å². The van der Waals surface area contributed by atoms with E-state index in [2.05, 4.69) is 5.32 Å². The van der Waals surface area contributed by atoms with Gasteiger partial charge in [0.05, 0.1) is 7.11 Å². The summed E-state index contributed by atoms with van der Waals surface area (Å²) in [6, 6.07) is 4.96. The van der Waals surface area contributed by atoms with E-state index in [0.717, 1.165) is 6.54 Å². The number of rotatable bonds is 5. The Kier molecular flexibility index (Phi) is 5.52. The van der Waals surface area contributed by atoms with Gasteiger partial charge in [-0.2, -0.15) is 11.8 Å². The van der Waals surface area contributed by atoms with Crippen LogP contribution >= 0.6 is 11.8 Å². The van der Waals surface area contributed by atoms with Crippen molar-refractivity contribution in [3.05, 3.63) is 29.6 Å². The molecule has 1 fully saturated rings. The van der Waals surface area contributed by atoms with Gasteiger partial charge >= 0.3 is 0 Å². The van der Waals surface area contributed by atoms with Crippen LogP contribution in [0, 0.1) is 5.82 Å². The maximum Gasteiger partial charge on any atom is 0.131 e. The van der Waals surface area contributed by atoms with E-state index in [9.17, 15) is 4.39 Å². The van der Waals surface area contributed by atoms with Crippen LogP contribution in [0.15, 0.2) is 18.2 Å². The molecular formula is C15H22FNOS. The van der Waals surface area contributed by atoms with Crippen molar-refractivity contribution in [2.24, 2.45) is 0 Å². The third-order valence-corrected chi connectivity index (χ3v) is 4.99. The highest BCUT2D eigenvalue weighted by Gasteiger charge is 2.19. The van der Waals surface area contributed by atoms with Crippen molar-refractivity contribution in [1.82, 2.24) is 5.32 Å². The lowest BCUT2D eigenvalue weighted by molar-refractivity contribution is 0.393. The summed E-state index contributed by atoms with van der Waals surface area (Å²) in [5.41, 5.74) is 0.630. The first-order chi connectivity index (χ1) is 9.22. The summed E-state index contributed by atoms with van der Waals surface area (Å²) in [7, 11) is 1.59. The Bertz CT molecular complexity index is 407. The van der Waals surface area contributed by atoms with Crippen LogP contribution in [0.5, 0.6) is 5.75 Å². The molecule has 1 aromatic carbocycles. The Balaban J connectivity index is 1.97. The molecule has 4 heteroatoms. The van der Waals surface area contributed by atoms with Gasteiger partial charge in [0.2, 0.25) is 0 Å². The zero-order valence-electron chi connectivity index (χ0n) is 11.6. The summed E-state index contributed by atoms with van der Waals surface area (Å²) in [5, 5.41) is 4.10. The summed E-state index contributed by atoms with van der Waals surface area (Å²) >= 11 is 2.03. The van der Waals surface area contributed by atoms with Crippen molar-refractivity contribution in [2.45, 2.75) is 37.5 Å². The van der Waals surface area contributed by atoms with Crippen molar-refractivity contribution < 1.29 is 9.13 Å². The van der Waals surface area contributed by atoms with Gasteiger partial charge in [-0.1, -0.05) is 12.5 Å². The molecule has 2 rings (SSSR count). The van der Waals surface area contributed by atoms with Crippen LogP contribution in [0.1, 0.15) is 37.8 Å². The van der Waals surface area contributed by atoms with E-state index >= 15 is 0 Å². The van der Waals surface area contributed by atoms with Crippen LogP contribution in [0.4, 0.5) is 4.39 Å². The summed E-state index contributed by atoms with van der Waals surface area (Å²) in [6.07, 6.45) is 3.91. The number of nitrogens with one attached hydrogen (secondary N) is 1. The number of halogens is 1. The molecule has 0 radical (unpaired) electrons. The third kappa shape index (κ3) is 3.86. The highest BCUT2D eigenvalue weighted by molar-refractivity contribution is 7.99. The average molecular weight is 283 g/mol.